The molecule has 94 valence electrons. The Morgan fingerprint density at radius 1 is 1.65 bits per heavy atom. The van der Waals surface area contributed by atoms with Crippen molar-refractivity contribution in [3.63, 3.8) is 0 Å². The third-order valence-electron chi connectivity index (χ3n) is 2.80. The van der Waals surface area contributed by atoms with E-state index in [0.29, 0.717) is 6.54 Å². The van der Waals surface area contributed by atoms with Gasteiger partial charge in [-0.15, -0.1) is 0 Å². The second-order valence-electron chi connectivity index (χ2n) is 4.12. The van der Waals surface area contributed by atoms with Crippen LogP contribution in [0.4, 0.5) is 0 Å². The van der Waals surface area contributed by atoms with Gasteiger partial charge in [-0.25, -0.2) is 4.79 Å². The lowest BCUT2D eigenvalue weighted by molar-refractivity contribution is 0.0563. The molecule has 1 aromatic heterocycles. The number of methoxy groups -OCH3 is 1. The van der Waals surface area contributed by atoms with Crippen LogP contribution >= 0.6 is 11.8 Å². The predicted octanol–water partition coefficient (Wildman–Crippen LogP) is 1.91. The first-order chi connectivity index (χ1) is 8.29. The molecule has 1 N–H and O–H groups in total. The Morgan fingerprint density at radius 2 is 2.53 bits per heavy atom. The van der Waals surface area contributed by atoms with Crippen molar-refractivity contribution >= 4 is 17.7 Å². The maximum Gasteiger partial charge on any atom is 0.373 e. The van der Waals surface area contributed by atoms with E-state index in [1.54, 1.807) is 6.07 Å². The van der Waals surface area contributed by atoms with Crippen LogP contribution in [0.2, 0.25) is 0 Å². The lowest BCUT2D eigenvalue weighted by atomic mass is 10.1. The molecule has 5 heteroatoms. The predicted molar refractivity (Wildman–Crippen MR) is 67.2 cm³/mol. The lowest BCUT2D eigenvalue weighted by Gasteiger charge is -2.08. The molecule has 0 radical (unpaired) electrons. The number of nitrogens with one attached hydrogen (secondary N) is 1. The van der Waals surface area contributed by atoms with Crippen LogP contribution in [0, 0.1) is 5.92 Å². The molecule has 2 heterocycles. The summed E-state index contributed by atoms with van der Waals surface area (Å²) < 4.78 is 9.94. The zero-order valence-electron chi connectivity index (χ0n) is 9.90. The SMILES string of the molecule is COC(=O)c1ccc(CNCC2CCSC2)o1. The van der Waals surface area contributed by atoms with E-state index in [1.807, 2.05) is 17.8 Å². The van der Waals surface area contributed by atoms with Gasteiger partial charge in [-0.05, 0) is 42.5 Å². The van der Waals surface area contributed by atoms with Crippen molar-refractivity contribution in [1.29, 1.82) is 0 Å². The Hall–Kier alpha value is -0.940. The number of carbonyl (C=O) groups is 1. The van der Waals surface area contributed by atoms with Gasteiger partial charge in [-0.2, -0.15) is 11.8 Å². The van der Waals surface area contributed by atoms with Crippen LogP contribution in [0.3, 0.4) is 0 Å². The molecule has 1 saturated heterocycles. The summed E-state index contributed by atoms with van der Waals surface area (Å²) in [5, 5.41) is 3.35. The summed E-state index contributed by atoms with van der Waals surface area (Å²) >= 11 is 2.01. The fourth-order valence-corrected chi connectivity index (χ4v) is 3.11. The molecule has 0 saturated carbocycles. The first-order valence-corrected chi connectivity index (χ1v) is 6.90. The van der Waals surface area contributed by atoms with Gasteiger partial charge in [-0.3, -0.25) is 0 Å². The highest BCUT2D eigenvalue weighted by atomic mass is 32.2. The van der Waals surface area contributed by atoms with Crippen LogP contribution < -0.4 is 5.32 Å². The molecule has 1 aliphatic rings. The molecule has 1 aliphatic heterocycles. The fraction of sp³-hybridized carbons (Fsp3) is 0.583. The van der Waals surface area contributed by atoms with E-state index >= 15 is 0 Å². The van der Waals surface area contributed by atoms with Crippen LogP contribution in [0.15, 0.2) is 16.5 Å². The van der Waals surface area contributed by atoms with Gasteiger partial charge in [0.25, 0.3) is 0 Å². The average molecular weight is 255 g/mol. The molecule has 0 aliphatic carbocycles. The van der Waals surface area contributed by atoms with Crippen molar-refractivity contribution in [3.8, 4) is 0 Å². The number of rotatable bonds is 5. The Kier molecular flexibility index (Phi) is 4.50. The average Bonchev–Trinajstić information content (AvgIpc) is 2.99. The summed E-state index contributed by atoms with van der Waals surface area (Å²) in [4.78, 5) is 11.2. The van der Waals surface area contributed by atoms with E-state index in [-0.39, 0.29) is 5.76 Å². The first-order valence-electron chi connectivity index (χ1n) is 5.75. The van der Waals surface area contributed by atoms with Gasteiger partial charge in [-0.1, -0.05) is 0 Å². The molecule has 1 atom stereocenters. The Labute approximate surface area is 105 Å². The van der Waals surface area contributed by atoms with Gasteiger partial charge in [0.15, 0.2) is 0 Å². The van der Waals surface area contributed by atoms with E-state index in [0.717, 1.165) is 18.2 Å². The summed E-state index contributed by atoms with van der Waals surface area (Å²) in [6, 6.07) is 3.46. The molecule has 1 fully saturated rings. The van der Waals surface area contributed by atoms with Gasteiger partial charge < -0.3 is 14.5 Å². The maximum atomic E-state index is 11.2. The van der Waals surface area contributed by atoms with Gasteiger partial charge in [0, 0.05) is 0 Å². The molecule has 2 rings (SSSR count). The minimum atomic E-state index is -0.427. The first kappa shape index (κ1) is 12.5. The van der Waals surface area contributed by atoms with Gasteiger partial charge in [0.1, 0.15) is 5.76 Å². The quantitative estimate of drug-likeness (QED) is 0.814. The van der Waals surface area contributed by atoms with Crippen molar-refractivity contribution in [1.82, 2.24) is 5.32 Å². The maximum absolute atomic E-state index is 11.2. The number of esters is 1. The number of thioether (sulfide) groups is 1. The molecule has 1 unspecified atom stereocenters. The third kappa shape index (κ3) is 3.51. The van der Waals surface area contributed by atoms with Crippen molar-refractivity contribution < 1.29 is 13.9 Å². The fourth-order valence-electron chi connectivity index (χ4n) is 1.83. The van der Waals surface area contributed by atoms with Crippen LogP contribution in [0.5, 0.6) is 0 Å². The third-order valence-corrected chi connectivity index (χ3v) is 4.04. The Bertz CT molecular complexity index is 372. The summed E-state index contributed by atoms with van der Waals surface area (Å²) in [6.45, 7) is 1.68. The van der Waals surface area contributed by atoms with E-state index in [2.05, 4.69) is 10.1 Å². The minimum Gasteiger partial charge on any atom is -0.463 e. The second-order valence-corrected chi connectivity index (χ2v) is 5.27. The van der Waals surface area contributed by atoms with Crippen LogP contribution in [0.1, 0.15) is 22.7 Å². The number of furan rings is 1. The topological polar surface area (TPSA) is 51.5 Å². The van der Waals surface area contributed by atoms with Gasteiger partial charge >= 0.3 is 5.97 Å². The zero-order chi connectivity index (χ0) is 12.1. The minimum absolute atomic E-state index is 0.265. The smallest absolute Gasteiger partial charge is 0.373 e. The number of carbonyl (C=O) groups excluding carboxylic acids is 1. The molecular formula is C12H17NO3S. The van der Waals surface area contributed by atoms with Gasteiger partial charge in [0.2, 0.25) is 5.76 Å². The molecule has 0 amide bonds. The van der Waals surface area contributed by atoms with Crippen molar-refractivity contribution in [2.45, 2.75) is 13.0 Å². The summed E-state index contributed by atoms with van der Waals surface area (Å²) in [7, 11) is 1.35. The summed E-state index contributed by atoms with van der Waals surface area (Å²) in [5.41, 5.74) is 0. The highest BCUT2D eigenvalue weighted by Crippen LogP contribution is 2.22. The van der Waals surface area contributed by atoms with E-state index in [9.17, 15) is 4.79 Å². The van der Waals surface area contributed by atoms with E-state index in [4.69, 9.17) is 4.42 Å². The number of hydrogen-bond acceptors (Lipinski definition) is 5. The molecular weight excluding hydrogens is 238 g/mol. The van der Waals surface area contributed by atoms with E-state index in [1.165, 1.54) is 25.0 Å². The molecule has 17 heavy (non-hydrogen) atoms. The highest BCUT2D eigenvalue weighted by Gasteiger charge is 2.15. The Balaban J connectivity index is 1.74. The van der Waals surface area contributed by atoms with Crippen LogP contribution in [-0.2, 0) is 11.3 Å². The van der Waals surface area contributed by atoms with Crippen molar-refractivity contribution in [2.75, 3.05) is 25.2 Å². The standard InChI is InChI=1S/C12H17NO3S/c1-15-12(14)11-3-2-10(16-11)7-13-6-9-4-5-17-8-9/h2-3,9,13H,4-8H2,1H3. The molecule has 0 aromatic carbocycles. The van der Waals surface area contributed by atoms with Crippen LogP contribution in [0.25, 0.3) is 0 Å². The number of ether oxygens (including phenoxy) is 1. The van der Waals surface area contributed by atoms with Crippen molar-refractivity contribution in [3.05, 3.63) is 23.7 Å². The van der Waals surface area contributed by atoms with Crippen molar-refractivity contribution in [2.24, 2.45) is 5.92 Å². The normalized spacial score (nSPS) is 19.5. The second kappa shape index (κ2) is 6.12. The molecule has 0 bridgehead atoms. The number of hydrogen-bond donors (Lipinski definition) is 1. The lowest BCUT2D eigenvalue weighted by Crippen LogP contribution is -2.21. The van der Waals surface area contributed by atoms with Gasteiger partial charge in [0.05, 0.1) is 13.7 Å². The largest absolute Gasteiger partial charge is 0.463 e. The summed E-state index contributed by atoms with van der Waals surface area (Å²) in [6.07, 6.45) is 1.29. The summed E-state index contributed by atoms with van der Waals surface area (Å²) in [5.74, 6) is 3.91. The highest BCUT2D eigenvalue weighted by molar-refractivity contribution is 7.99. The molecule has 4 nitrogen and oxygen atoms in total. The van der Waals surface area contributed by atoms with E-state index < -0.39 is 5.97 Å². The molecule has 0 spiro atoms. The monoisotopic (exact) mass is 255 g/mol. The zero-order valence-corrected chi connectivity index (χ0v) is 10.7. The Morgan fingerprint density at radius 3 is 3.24 bits per heavy atom. The van der Waals surface area contributed by atoms with Crippen LogP contribution in [-0.4, -0.2) is 31.1 Å². The molecule has 1 aromatic rings.